The SMILES string of the molecule is O=C(O)[C@H](Cc1ccc(-c2cncnc2)cc1)NC(=O)[C@@H]1CCCN1. The maximum absolute atomic E-state index is 12.1. The molecule has 1 aliphatic heterocycles. The Labute approximate surface area is 145 Å². The summed E-state index contributed by atoms with van der Waals surface area (Å²) in [4.78, 5) is 31.6. The summed E-state index contributed by atoms with van der Waals surface area (Å²) in [5.74, 6) is -1.28. The maximum atomic E-state index is 12.1. The van der Waals surface area contributed by atoms with Crippen molar-refractivity contribution >= 4 is 11.9 Å². The summed E-state index contributed by atoms with van der Waals surface area (Å²) in [6.07, 6.45) is 6.82. The lowest BCUT2D eigenvalue weighted by atomic mass is 10.0. The van der Waals surface area contributed by atoms with E-state index in [0.29, 0.717) is 0 Å². The van der Waals surface area contributed by atoms with Gasteiger partial charge in [-0.25, -0.2) is 14.8 Å². The van der Waals surface area contributed by atoms with Crippen LogP contribution in [-0.2, 0) is 16.0 Å². The van der Waals surface area contributed by atoms with Gasteiger partial charge in [-0.2, -0.15) is 0 Å². The number of benzene rings is 1. The van der Waals surface area contributed by atoms with Crippen molar-refractivity contribution in [3.05, 3.63) is 48.5 Å². The zero-order valence-electron chi connectivity index (χ0n) is 13.7. The molecule has 7 nitrogen and oxygen atoms in total. The van der Waals surface area contributed by atoms with E-state index in [9.17, 15) is 14.7 Å². The standard InChI is InChI=1S/C18H20N4O3/c23-17(15-2-1-7-21-15)22-16(18(24)25)8-12-3-5-13(6-4-12)14-9-19-11-20-10-14/h3-6,9-11,15-16,21H,1-2,7-8H2,(H,22,23)(H,24,25)/t15-,16-/m0/s1. The number of rotatable bonds is 6. The number of nitrogens with zero attached hydrogens (tertiary/aromatic N) is 2. The second-order valence-corrected chi connectivity index (χ2v) is 6.08. The van der Waals surface area contributed by atoms with Gasteiger partial charge < -0.3 is 15.7 Å². The molecule has 0 saturated carbocycles. The van der Waals surface area contributed by atoms with Crippen molar-refractivity contribution in [1.82, 2.24) is 20.6 Å². The van der Waals surface area contributed by atoms with E-state index in [4.69, 9.17) is 0 Å². The molecule has 2 aromatic rings. The second kappa shape index (κ2) is 7.85. The predicted octanol–water partition coefficient (Wildman–Crippen LogP) is 1.01. The molecule has 3 N–H and O–H groups in total. The van der Waals surface area contributed by atoms with Crippen molar-refractivity contribution in [2.24, 2.45) is 0 Å². The molecule has 2 heterocycles. The van der Waals surface area contributed by atoms with E-state index in [0.717, 1.165) is 36.1 Å². The lowest BCUT2D eigenvalue weighted by Gasteiger charge is -2.18. The average molecular weight is 340 g/mol. The van der Waals surface area contributed by atoms with Gasteiger partial charge in [0.1, 0.15) is 12.4 Å². The van der Waals surface area contributed by atoms with Gasteiger partial charge in [0.25, 0.3) is 0 Å². The van der Waals surface area contributed by atoms with E-state index in [2.05, 4.69) is 20.6 Å². The molecule has 7 heteroatoms. The molecule has 1 amide bonds. The van der Waals surface area contributed by atoms with E-state index in [1.54, 1.807) is 12.4 Å². The molecule has 1 aliphatic rings. The number of aliphatic carboxylic acids is 1. The summed E-state index contributed by atoms with van der Waals surface area (Å²) < 4.78 is 0. The van der Waals surface area contributed by atoms with E-state index in [1.807, 2.05) is 24.3 Å². The first-order valence-corrected chi connectivity index (χ1v) is 8.24. The third-order valence-corrected chi connectivity index (χ3v) is 4.28. The fourth-order valence-electron chi connectivity index (χ4n) is 2.90. The summed E-state index contributed by atoms with van der Waals surface area (Å²) in [5.41, 5.74) is 2.69. The van der Waals surface area contributed by atoms with Crippen LogP contribution in [0.4, 0.5) is 0 Å². The Bertz CT molecular complexity index is 728. The molecule has 0 aliphatic carbocycles. The van der Waals surface area contributed by atoms with E-state index in [-0.39, 0.29) is 18.4 Å². The third kappa shape index (κ3) is 4.39. The van der Waals surface area contributed by atoms with Crippen LogP contribution in [0.5, 0.6) is 0 Å². The maximum Gasteiger partial charge on any atom is 0.326 e. The highest BCUT2D eigenvalue weighted by Crippen LogP contribution is 2.18. The fourth-order valence-corrected chi connectivity index (χ4v) is 2.90. The minimum absolute atomic E-state index is 0.235. The molecule has 130 valence electrons. The molecule has 1 aromatic carbocycles. The minimum atomic E-state index is -1.04. The molecule has 1 fully saturated rings. The highest BCUT2D eigenvalue weighted by atomic mass is 16.4. The van der Waals surface area contributed by atoms with Crippen molar-refractivity contribution in [3.8, 4) is 11.1 Å². The Balaban J connectivity index is 1.65. The van der Waals surface area contributed by atoms with Crippen molar-refractivity contribution in [2.45, 2.75) is 31.3 Å². The number of amides is 1. The van der Waals surface area contributed by atoms with E-state index >= 15 is 0 Å². The van der Waals surface area contributed by atoms with Gasteiger partial charge in [0.05, 0.1) is 6.04 Å². The Morgan fingerprint density at radius 3 is 2.52 bits per heavy atom. The van der Waals surface area contributed by atoms with Crippen LogP contribution in [0.2, 0.25) is 0 Å². The Morgan fingerprint density at radius 2 is 1.92 bits per heavy atom. The number of nitrogens with one attached hydrogen (secondary N) is 2. The lowest BCUT2D eigenvalue weighted by molar-refractivity contribution is -0.142. The highest BCUT2D eigenvalue weighted by Gasteiger charge is 2.27. The molecule has 25 heavy (non-hydrogen) atoms. The minimum Gasteiger partial charge on any atom is -0.480 e. The molecule has 0 radical (unpaired) electrons. The summed E-state index contributed by atoms with van der Waals surface area (Å²) in [5, 5.41) is 15.1. The Morgan fingerprint density at radius 1 is 1.20 bits per heavy atom. The molecule has 2 atom stereocenters. The fraction of sp³-hybridized carbons (Fsp3) is 0.333. The Kier molecular flexibility index (Phi) is 5.35. The molecular weight excluding hydrogens is 320 g/mol. The number of carbonyl (C=O) groups excluding carboxylic acids is 1. The monoisotopic (exact) mass is 340 g/mol. The molecule has 0 unspecified atom stereocenters. The topological polar surface area (TPSA) is 104 Å². The summed E-state index contributed by atoms with van der Waals surface area (Å²) in [7, 11) is 0. The predicted molar refractivity (Wildman–Crippen MR) is 91.8 cm³/mol. The molecule has 0 bridgehead atoms. The van der Waals surface area contributed by atoms with Gasteiger partial charge in [0.2, 0.25) is 5.91 Å². The van der Waals surface area contributed by atoms with Crippen LogP contribution in [0.25, 0.3) is 11.1 Å². The van der Waals surface area contributed by atoms with Gasteiger partial charge >= 0.3 is 5.97 Å². The van der Waals surface area contributed by atoms with Gasteiger partial charge in [-0.15, -0.1) is 0 Å². The number of hydrogen-bond donors (Lipinski definition) is 3. The number of carbonyl (C=O) groups is 2. The van der Waals surface area contributed by atoms with E-state index < -0.39 is 12.0 Å². The first-order valence-electron chi connectivity index (χ1n) is 8.24. The van der Waals surface area contributed by atoms with Crippen molar-refractivity contribution in [1.29, 1.82) is 0 Å². The van der Waals surface area contributed by atoms with Crippen LogP contribution >= 0.6 is 0 Å². The largest absolute Gasteiger partial charge is 0.480 e. The zero-order chi connectivity index (χ0) is 17.6. The van der Waals surface area contributed by atoms with Crippen molar-refractivity contribution in [2.75, 3.05) is 6.54 Å². The van der Waals surface area contributed by atoms with Crippen LogP contribution in [0, 0.1) is 0 Å². The van der Waals surface area contributed by atoms with Crippen LogP contribution < -0.4 is 10.6 Å². The van der Waals surface area contributed by atoms with Gasteiger partial charge in [0, 0.05) is 24.4 Å². The summed E-state index contributed by atoms with van der Waals surface area (Å²) >= 11 is 0. The molecule has 1 saturated heterocycles. The third-order valence-electron chi connectivity index (χ3n) is 4.28. The van der Waals surface area contributed by atoms with Gasteiger partial charge in [-0.3, -0.25) is 4.79 Å². The summed E-state index contributed by atoms with van der Waals surface area (Å²) in [6, 6.07) is 6.28. The van der Waals surface area contributed by atoms with Crippen molar-refractivity contribution < 1.29 is 14.7 Å². The molecule has 3 rings (SSSR count). The van der Waals surface area contributed by atoms with Crippen LogP contribution in [0.3, 0.4) is 0 Å². The van der Waals surface area contributed by atoms with Crippen LogP contribution in [0.1, 0.15) is 18.4 Å². The van der Waals surface area contributed by atoms with Crippen molar-refractivity contribution in [3.63, 3.8) is 0 Å². The van der Waals surface area contributed by atoms with Crippen LogP contribution in [0.15, 0.2) is 43.0 Å². The smallest absolute Gasteiger partial charge is 0.326 e. The number of carboxylic acid groups (broad SMARTS) is 1. The second-order valence-electron chi connectivity index (χ2n) is 6.08. The average Bonchev–Trinajstić information content (AvgIpc) is 3.17. The van der Waals surface area contributed by atoms with E-state index in [1.165, 1.54) is 6.33 Å². The first-order chi connectivity index (χ1) is 12.1. The quantitative estimate of drug-likeness (QED) is 0.725. The number of carboxylic acids is 1. The van der Waals surface area contributed by atoms with Gasteiger partial charge in [0.15, 0.2) is 0 Å². The highest BCUT2D eigenvalue weighted by molar-refractivity contribution is 5.87. The summed E-state index contributed by atoms with van der Waals surface area (Å²) in [6.45, 7) is 0.792. The first kappa shape index (κ1) is 17.0. The Hall–Kier alpha value is -2.80. The molecule has 0 spiro atoms. The van der Waals surface area contributed by atoms with Gasteiger partial charge in [-0.1, -0.05) is 24.3 Å². The number of aromatic nitrogens is 2. The zero-order valence-corrected chi connectivity index (χ0v) is 13.7. The number of hydrogen-bond acceptors (Lipinski definition) is 5. The van der Waals surface area contributed by atoms with Gasteiger partial charge in [-0.05, 0) is 30.5 Å². The molecule has 1 aromatic heterocycles. The van der Waals surface area contributed by atoms with Crippen LogP contribution in [-0.4, -0.2) is 45.6 Å². The lowest BCUT2D eigenvalue weighted by Crippen LogP contribution is -2.49. The normalized spacial score (nSPS) is 17.8. The molecular formula is C18H20N4O3.